The molecule has 0 unspecified atom stereocenters. The Labute approximate surface area is 158 Å². The number of amides is 1. The maximum absolute atomic E-state index is 12.5. The van der Waals surface area contributed by atoms with Gasteiger partial charge in [0.2, 0.25) is 5.95 Å². The molecule has 0 saturated carbocycles. The van der Waals surface area contributed by atoms with Gasteiger partial charge in [-0.3, -0.25) is 14.3 Å². The fourth-order valence-electron chi connectivity index (χ4n) is 3.51. The van der Waals surface area contributed by atoms with E-state index in [1.165, 1.54) is 7.11 Å². The van der Waals surface area contributed by atoms with Crippen molar-refractivity contribution in [1.29, 1.82) is 0 Å². The molecule has 8 nitrogen and oxygen atoms in total. The number of carbonyl (C=O) groups is 1. The van der Waals surface area contributed by atoms with Gasteiger partial charge in [-0.1, -0.05) is 0 Å². The molecule has 144 valence electrons. The average molecular weight is 371 g/mol. The Bertz CT molecular complexity index is 844. The van der Waals surface area contributed by atoms with Crippen molar-refractivity contribution in [2.24, 2.45) is 7.05 Å². The molecule has 0 bridgehead atoms. The van der Waals surface area contributed by atoms with Crippen LogP contribution < -0.4 is 10.5 Å². The van der Waals surface area contributed by atoms with E-state index in [2.05, 4.69) is 16.8 Å². The van der Waals surface area contributed by atoms with Crippen molar-refractivity contribution in [3.8, 4) is 11.3 Å². The van der Waals surface area contributed by atoms with Crippen LogP contribution in [0.15, 0.2) is 35.4 Å². The van der Waals surface area contributed by atoms with Crippen molar-refractivity contribution in [3.05, 3.63) is 40.9 Å². The van der Waals surface area contributed by atoms with Gasteiger partial charge in [0.1, 0.15) is 0 Å². The summed E-state index contributed by atoms with van der Waals surface area (Å²) in [5.74, 6) is 0.647. The molecule has 3 rings (SSSR count). The van der Waals surface area contributed by atoms with Crippen molar-refractivity contribution >= 4 is 12.0 Å². The Morgan fingerprint density at radius 3 is 2.56 bits per heavy atom. The fourth-order valence-corrected chi connectivity index (χ4v) is 3.51. The molecule has 1 saturated heterocycles. The van der Waals surface area contributed by atoms with Gasteiger partial charge in [0.25, 0.3) is 5.56 Å². The number of piperidine rings is 1. The molecule has 1 aliphatic rings. The third kappa shape index (κ3) is 3.94. The lowest BCUT2D eigenvalue weighted by Crippen LogP contribution is -2.48. The summed E-state index contributed by atoms with van der Waals surface area (Å²) in [6.45, 7) is 4.04. The molecule has 0 aliphatic carbocycles. The van der Waals surface area contributed by atoms with E-state index in [9.17, 15) is 9.59 Å². The molecule has 0 spiro atoms. The van der Waals surface area contributed by atoms with Gasteiger partial charge < -0.3 is 14.5 Å². The molecule has 2 aromatic heterocycles. The predicted octanol–water partition coefficient (Wildman–Crippen LogP) is 1.90. The lowest BCUT2D eigenvalue weighted by molar-refractivity contribution is 0.112. The summed E-state index contributed by atoms with van der Waals surface area (Å²) < 4.78 is 6.39. The second-order valence-electron chi connectivity index (χ2n) is 6.55. The third-order valence-electron chi connectivity index (χ3n) is 5.02. The summed E-state index contributed by atoms with van der Waals surface area (Å²) in [5.41, 5.74) is 1.40. The van der Waals surface area contributed by atoms with Gasteiger partial charge in [-0.2, -0.15) is 0 Å². The zero-order valence-corrected chi connectivity index (χ0v) is 16.0. The van der Waals surface area contributed by atoms with Gasteiger partial charge in [0, 0.05) is 56.7 Å². The Balaban J connectivity index is 1.88. The highest BCUT2D eigenvalue weighted by molar-refractivity contribution is 5.67. The molecule has 1 fully saturated rings. The molecule has 8 heteroatoms. The minimum atomic E-state index is -0.290. The number of ether oxygens (including phenoxy) is 1. The smallest absolute Gasteiger partial charge is 0.409 e. The molecule has 0 aromatic carbocycles. The lowest BCUT2D eigenvalue weighted by Gasteiger charge is -2.38. The molecule has 0 N–H and O–H groups in total. The van der Waals surface area contributed by atoms with Gasteiger partial charge in [0.05, 0.1) is 12.8 Å². The summed E-state index contributed by atoms with van der Waals surface area (Å²) in [7, 11) is 3.14. The number of rotatable bonds is 4. The highest BCUT2D eigenvalue weighted by atomic mass is 16.5. The van der Waals surface area contributed by atoms with Crippen LogP contribution in [0.5, 0.6) is 0 Å². The van der Waals surface area contributed by atoms with Gasteiger partial charge >= 0.3 is 6.09 Å². The molecule has 1 amide bonds. The first-order valence-corrected chi connectivity index (χ1v) is 9.13. The van der Waals surface area contributed by atoms with Crippen LogP contribution in [-0.4, -0.2) is 58.3 Å². The predicted molar refractivity (Wildman–Crippen MR) is 103 cm³/mol. The molecular weight excluding hydrogens is 346 g/mol. The maximum Gasteiger partial charge on any atom is 0.409 e. The largest absolute Gasteiger partial charge is 0.453 e. The number of anilines is 1. The van der Waals surface area contributed by atoms with Crippen LogP contribution in [0, 0.1) is 0 Å². The first-order valence-electron chi connectivity index (χ1n) is 9.13. The number of nitrogens with zero attached hydrogens (tertiary/aromatic N) is 5. The quantitative estimate of drug-likeness (QED) is 0.817. The van der Waals surface area contributed by atoms with Crippen LogP contribution in [0.3, 0.4) is 0 Å². The van der Waals surface area contributed by atoms with E-state index in [1.54, 1.807) is 35.0 Å². The number of likely N-dealkylation sites (tertiary alicyclic amines) is 1. The Hall–Kier alpha value is -2.90. The van der Waals surface area contributed by atoms with Crippen molar-refractivity contribution < 1.29 is 9.53 Å². The summed E-state index contributed by atoms with van der Waals surface area (Å²) >= 11 is 0. The van der Waals surface area contributed by atoms with E-state index in [-0.39, 0.29) is 17.7 Å². The van der Waals surface area contributed by atoms with Crippen molar-refractivity contribution in [1.82, 2.24) is 19.4 Å². The maximum atomic E-state index is 12.5. The highest BCUT2D eigenvalue weighted by Gasteiger charge is 2.28. The van der Waals surface area contributed by atoms with E-state index < -0.39 is 0 Å². The van der Waals surface area contributed by atoms with Crippen molar-refractivity contribution in [2.45, 2.75) is 25.8 Å². The highest BCUT2D eigenvalue weighted by Crippen LogP contribution is 2.24. The van der Waals surface area contributed by atoms with E-state index in [4.69, 9.17) is 9.72 Å². The topological polar surface area (TPSA) is 80.6 Å². The summed E-state index contributed by atoms with van der Waals surface area (Å²) in [6.07, 6.45) is 4.70. The van der Waals surface area contributed by atoms with Crippen molar-refractivity contribution in [3.63, 3.8) is 0 Å². The van der Waals surface area contributed by atoms with Crippen LogP contribution in [0.4, 0.5) is 10.7 Å². The van der Waals surface area contributed by atoms with E-state index >= 15 is 0 Å². The Morgan fingerprint density at radius 1 is 1.30 bits per heavy atom. The zero-order chi connectivity index (χ0) is 19.4. The standard InChI is InChI=1S/C19H25N5O3/c1-4-24(15-7-11-23(12-8-15)19(26)27-3)18-21-16(13-17(25)22(18)2)14-5-9-20-10-6-14/h5-6,9-10,13,15H,4,7-8,11-12H2,1-3H3. The first-order chi connectivity index (χ1) is 13.0. The van der Waals surface area contributed by atoms with Crippen LogP contribution in [0.1, 0.15) is 19.8 Å². The van der Waals surface area contributed by atoms with Crippen molar-refractivity contribution in [2.75, 3.05) is 31.6 Å². The molecule has 2 aromatic rings. The minimum Gasteiger partial charge on any atom is -0.453 e. The van der Waals surface area contributed by atoms with Crippen LogP contribution in [0.2, 0.25) is 0 Å². The lowest BCUT2D eigenvalue weighted by atomic mass is 10.0. The molecular formula is C19H25N5O3. The SMILES string of the molecule is CCN(c1nc(-c2ccncc2)cc(=O)n1C)C1CCN(C(=O)OC)CC1. The molecule has 27 heavy (non-hydrogen) atoms. The van der Waals surface area contributed by atoms with Gasteiger partial charge in [0.15, 0.2) is 0 Å². The van der Waals surface area contributed by atoms with E-state index in [0.29, 0.717) is 24.7 Å². The van der Waals surface area contributed by atoms with Crippen LogP contribution >= 0.6 is 0 Å². The number of hydrogen-bond donors (Lipinski definition) is 0. The second kappa shape index (κ2) is 8.20. The molecule has 1 aliphatic heterocycles. The third-order valence-corrected chi connectivity index (χ3v) is 5.02. The molecule has 3 heterocycles. The number of hydrogen-bond acceptors (Lipinski definition) is 6. The zero-order valence-electron chi connectivity index (χ0n) is 16.0. The Morgan fingerprint density at radius 2 is 1.96 bits per heavy atom. The number of methoxy groups -OCH3 is 1. The second-order valence-corrected chi connectivity index (χ2v) is 6.55. The first kappa shape index (κ1) is 18.9. The number of pyridine rings is 1. The summed E-state index contributed by atoms with van der Waals surface area (Å²) in [6, 6.07) is 5.45. The van der Waals surface area contributed by atoms with E-state index in [0.717, 1.165) is 24.9 Å². The van der Waals surface area contributed by atoms with Gasteiger partial charge in [-0.25, -0.2) is 9.78 Å². The minimum absolute atomic E-state index is 0.0998. The fraction of sp³-hybridized carbons (Fsp3) is 0.474. The van der Waals surface area contributed by atoms with Crippen LogP contribution in [-0.2, 0) is 11.8 Å². The number of carbonyl (C=O) groups excluding carboxylic acids is 1. The average Bonchev–Trinajstić information content (AvgIpc) is 2.72. The van der Waals surface area contributed by atoms with Gasteiger partial charge in [-0.15, -0.1) is 0 Å². The molecule has 0 radical (unpaired) electrons. The van der Waals surface area contributed by atoms with Crippen LogP contribution in [0.25, 0.3) is 11.3 Å². The number of aromatic nitrogens is 3. The van der Waals surface area contributed by atoms with E-state index in [1.807, 2.05) is 12.1 Å². The Kier molecular flexibility index (Phi) is 5.73. The summed E-state index contributed by atoms with van der Waals surface area (Å²) in [5, 5.41) is 0. The normalized spacial score (nSPS) is 14.9. The summed E-state index contributed by atoms with van der Waals surface area (Å²) in [4.78, 5) is 36.9. The monoisotopic (exact) mass is 371 g/mol. The molecule has 0 atom stereocenters. The van der Waals surface area contributed by atoms with Gasteiger partial charge in [-0.05, 0) is 31.9 Å².